The molecule has 0 amide bonds. The van der Waals surface area contributed by atoms with Crippen LogP contribution in [0.25, 0.3) is 0 Å². The Labute approximate surface area is 72.8 Å². The largest absolute Gasteiger partial charge is 0.397 e. The molecule has 1 aromatic rings. The highest BCUT2D eigenvalue weighted by Crippen LogP contribution is 2.39. The number of para-hydroxylation sites is 2. The zero-order chi connectivity index (χ0) is 8.60. The Bertz CT molecular complexity index is 290. The highest BCUT2D eigenvalue weighted by molar-refractivity contribution is 5.67. The zero-order valence-corrected chi connectivity index (χ0v) is 7.30. The molecule has 3 N–H and O–H groups in total. The van der Waals surface area contributed by atoms with E-state index in [0.717, 1.165) is 11.4 Å². The van der Waals surface area contributed by atoms with Crippen molar-refractivity contribution in [3.63, 3.8) is 0 Å². The zero-order valence-electron chi connectivity index (χ0n) is 7.30. The van der Waals surface area contributed by atoms with E-state index in [2.05, 4.69) is 12.2 Å². The van der Waals surface area contributed by atoms with Gasteiger partial charge in [-0.25, -0.2) is 0 Å². The Hall–Kier alpha value is -1.18. The molecule has 2 rings (SSSR count). The number of nitrogens with two attached hydrogens (primary N) is 1. The summed E-state index contributed by atoms with van der Waals surface area (Å²) in [5.41, 5.74) is 8.01. The Morgan fingerprint density at radius 1 is 1.33 bits per heavy atom. The fourth-order valence-corrected chi connectivity index (χ4v) is 1.25. The number of nitrogen functional groups attached to an aromatic ring is 1. The maximum absolute atomic E-state index is 5.79. The summed E-state index contributed by atoms with van der Waals surface area (Å²) in [5, 5.41) is 3.44. The predicted octanol–water partition coefficient (Wildman–Crippen LogP) is 2.23. The molecule has 0 unspecified atom stereocenters. The van der Waals surface area contributed by atoms with E-state index >= 15 is 0 Å². The second kappa shape index (κ2) is 2.41. The lowest BCUT2D eigenvalue weighted by atomic mass is 10.2. The van der Waals surface area contributed by atoms with Crippen LogP contribution in [0.1, 0.15) is 19.8 Å². The summed E-state index contributed by atoms with van der Waals surface area (Å²) in [4.78, 5) is 0. The Kier molecular flexibility index (Phi) is 1.50. The van der Waals surface area contributed by atoms with Gasteiger partial charge in [-0.15, -0.1) is 0 Å². The summed E-state index contributed by atoms with van der Waals surface area (Å²) in [5.74, 6) is 0. The van der Waals surface area contributed by atoms with Gasteiger partial charge in [0.05, 0.1) is 11.4 Å². The third-order valence-electron chi connectivity index (χ3n) is 2.40. The number of rotatable bonds is 2. The second-order valence-corrected chi connectivity index (χ2v) is 3.77. The van der Waals surface area contributed by atoms with Gasteiger partial charge in [-0.2, -0.15) is 0 Å². The standard InChI is InChI=1S/C10H14N2/c1-10(6-7-10)12-9-5-3-2-4-8(9)11/h2-5,12H,6-7,11H2,1H3. The Morgan fingerprint density at radius 3 is 2.58 bits per heavy atom. The van der Waals surface area contributed by atoms with Crippen LogP contribution in [0.15, 0.2) is 24.3 Å². The van der Waals surface area contributed by atoms with Crippen LogP contribution >= 0.6 is 0 Å². The minimum Gasteiger partial charge on any atom is -0.397 e. The molecule has 12 heavy (non-hydrogen) atoms. The lowest BCUT2D eigenvalue weighted by Crippen LogP contribution is -2.16. The van der Waals surface area contributed by atoms with E-state index in [1.807, 2.05) is 24.3 Å². The quantitative estimate of drug-likeness (QED) is 0.654. The Morgan fingerprint density at radius 2 is 2.00 bits per heavy atom. The summed E-state index contributed by atoms with van der Waals surface area (Å²) in [6, 6.07) is 7.91. The smallest absolute Gasteiger partial charge is 0.0578 e. The van der Waals surface area contributed by atoms with Gasteiger partial charge in [0.1, 0.15) is 0 Å². The average molecular weight is 162 g/mol. The van der Waals surface area contributed by atoms with Crippen LogP contribution in [0, 0.1) is 0 Å². The molecule has 0 atom stereocenters. The Balaban J connectivity index is 2.17. The molecule has 0 radical (unpaired) electrons. The van der Waals surface area contributed by atoms with Crippen molar-refractivity contribution in [3.8, 4) is 0 Å². The molecule has 2 heteroatoms. The van der Waals surface area contributed by atoms with Gasteiger partial charge >= 0.3 is 0 Å². The molecule has 1 saturated carbocycles. The molecular formula is C10H14N2. The molecule has 0 heterocycles. The van der Waals surface area contributed by atoms with E-state index in [-0.39, 0.29) is 0 Å². The molecule has 1 aliphatic carbocycles. The predicted molar refractivity (Wildman–Crippen MR) is 52.1 cm³/mol. The lowest BCUT2D eigenvalue weighted by Gasteiger charge is -2.14. The minimum atomic E-state index is 0.315. The van der Waals surface area contributed by atoms with Crippen LogP contribution in [-0.2, 0) is 0 Å². The van der Waals surface area contributed by atoms with Crippen LogP contribution in [-0.4, -0.2) is 5.54 Å². The number of hydrogen-bond acceptors (Lipinski definition) is 2. The molecular weight excluding hydrogens is 148 g/mol. The normalized spacial score (nSPS) is 18.8. The van der Waals surface area contributed by atoms with E-state index in [4.69, 9.17) is 5.73 Å². The molecule has 1 aromatic carbocycles. The molecule has 1 fully saturated rings. The number of benzene rings is 1. The van der Waals surface area contributed by atoms with Gasteiger partial charge in [-0.3, -0.25) is 0 Å². The molecule has 2 nitrogen and oxygen atoms in total. The van der Waals surface area contributed by atoms with E-state index in [1.165, 1.54) is 12.8 Å². The molecule has 1 aliphatic rings. The molecule has 0 spiro atoms. The minimum absolute atomic E-state index is 0.315. The average Bonchev–Trinajstić information content (AvgIpc) is 2.74. The van der Waals surface area contributed by atoms with Crippen LogP contribution < -0.4 is 11.1 Å². The molecule has 0 bridgehead atoms. The number of nitrogens with one attached hydrogen (secondary N) is 1. The summed E-state index contributed by atoms with van der Waals surface area (Å²) < 4.78 is 0. The van der Waals surface area contributed by atoms with Crippen molar-refractivity contribution in [2.75, 3.05) is 11.1 Å². The fourth-order valence-electron chi connectivity index (χ4n) is 1.25. The molecule has 0 saturated heterocycles. The lowest BCUT2D eigenvalue weighted by molar-refractivity contribution is 0.830. The SMILES string of the molecule is CC1(Nc2ccccc2N)CC1. The van der Waals surface area contributed by atoms with Crippen LogP contribution in [0.3, 0.4) is 0 Å². The summed E-state index contributed by atoms with van der Waals surface area (Å²) in [6.45, 7) is 2.22. The van der Waals surface area contributed by atoms with Crippen molar-refractivity contribution in [1.29, 1.82) is 0 Å². The van der Waals surface area contributed by atoms with Crippen molar-refractivity contribution in [2.24, 2.45) is 0 Å². The van der Waals surface area contributed by atoms with Gasteiger partial charge in [0.25, 0.3) is 0 Å². The van der Waals surface area contributed by atoms with Crippen molar-refractivity contribution in [1.82, 2.24) is 0 Å². The first-order valence-electron chi connectivity index (χ1n) is 4.32. The highest BCUT2D eigenvalue weighted by atomic mass is 15.0. The van der Waals surface area contributed by atoms with Gasteiger partial charge < -0.3 is 11.1 Å². The number of hydrogen-bond donors (Lipinski definition) is 2. The highest BCUT2D eigenvalue weighted by Gasteiger charge is 2.37. The van der Waals surface area contributed by atoms with Gasteiger partial charge in [-0.1, -0.05) is 12.1 Å². The van der Waals surface area contributed by atoms with Gasteiger partial charge in [-0.05, 0) is 31.9 Å². The molecule has 64 valence electrons. The van der Waals surface area contributed by atoms with Crippen molar-refractivity contribution < 1.29 is 0 Å². The summed E-state index contributed by atoms with van der Waals surface area (Å²) >= 11 is 0. The maximum Gasteiger partial charge on any atom is 0.0578 e. The first kappa shape index (κ1) is 7.47. The van der Waals surface area contributed by atoms with Crippen molar-refractivity contribution in [3.05, 3.63) is 24.3 Å². The monoisotopic (exact) mass is 162 g/mol. The van der Waals surface area contributed by atoms with E-state index in [9.17, 15) is 0 Å². The second-order valence-electron chi connectivity index (χ2n) is 3.77. The van der Waals surface area contributed by atoms with E-state index in [1.54, 1.807) is 0 Å². The van der Waals surface area contributed by atoms with Crippen LogP contribution in [0.5, 0.6) is 0 Å². The topological polar surface area (TPSA) is 38.0 Å². The summed E-state index contributed by atoms with van der Waals surface area (Å²) in [6.07, 6.45) is 2.50. The number of anilines is 2. The third-order valence-corrected chi connectivity index (χ3v) is 2.40. The van der Waals surface area contributed by atoms with Gasteiger partial charge in [0.2, 0.25) is 0 Å². The summed E-state index contributed by atoms with van der Waals surface area (Å²) in [7, 11) is 0. The van der Waals surface area contributed by atoms with E-state index in [0.29, 0.717) is 5.54 Å². The molecule has 0 aromatic heterocycles. The van der Waals surface area contributed by atoms with Gasteiger partial charge in [0, 0.05) is 5.54 Å². The van der Waals surface area contributed by atoms with E-state index < -0.39 is 0 Å². The fraction of sp³-hybridized carbons (Fsp3) is 0.400. The van der Waals surface area contributed by atoms with Crippen LogP contribution in [0.4, 0.5) is 11.4 Å². The first-order valence-corrected chi connectivity index (χ1v) is 4.32. The third kappa shape index (κ3) is 1.37. The molecule has 0 aliphatic heterocycles. The maximum atomic E-state index is 5.79. The van der Waals surface area contributed by atoms with Gasteiger partial charge in [0.15, 0.2) is 0 Å². The van der Waals surface area contributed by atoms with Crippen molar-refractivity contribution in [2.45, 2.75) is 25.3 Å². The van der Waals surface area contributed by atoms with Crippen LogP contribution in [0.2, 0.25) is 0 Å². The first-order chi connectivity index (χ1) is 5.70. The van der Waals surface area contributed by atoms with Crippen molar-refractivity contribution >= 4 is 11.4 Å².